The quantitative estimate of drug-likeness (QED) is 0.838. The Kier molecular flexibility index (Phi) is 6.22. The van der Waals surface area contributed by atoms with Gasteiger partial charge < -0.3 is 5.32 Å². The highest BCUT2D eigenvalue weighted by molar-refractivity contribution is 7.91. The van der Waals surface area contributed by atoms with Gasteiger partial charge in [0, 0.05) is 6.04 Å². The molecule has 1 rings (SSSR count). The summed E-state index contributed by atoms with van der Waals surface area (Å²) in [6.45, 7) is 4.69. The Morgan fingerprint density at radius 1 is 1.29 bits per heavy atom. The zero-order valence-electron chi connectivity index (χ0n) is 12.1. The van der Waals surface area contributed by atoms with E-state index in [-0.39, 0.29) is 16.7 Å². The lowest BCUT2D eigenvalue weighted by Crippen LogP contribution is -2.26. The molecule has 0 spiro atoms. The molecule has 0 aromatic heterocycles. The van der Waals surface area contributed by atoms with E-state index in [1.807, 2.05) is 13.8 Å². The molecule has 0 saturated heterocycles. The molecule has 0 aliphatic rings. The highest BCUT2D eigenvalue weighted by atomic mass is 32.2. The zero-order valence-corrected chi connectivity index (χ0v) is 12.9. The third-order valence-electron chi connectivity index (χ3n) is 3.12. The third kappa shape index (κ3) is 5.67. The van der Waals surface area contributed by atoms with Gasteiger partial charge in [-0.3, -0.25) is 0 Å². The summed E-state index contributed by atoms with van der Waals surface area (Å²) in [6.07, 6.45) is -3.47. The summed E-state index contributed by atoms with van der Waals surface area (Å²) >= 11 is 0. The minimum Gasteiger partial charge on any atom is -0.315 e. The maximum Gasteiger partial charge on any atom is 0.416 e. The Morgan fingerprint density at radius 2 is 1.95 bits per heavy atom. The molecule has 1 atom stereocenters. The van der Waals surface area contributed by atoms with Crippen LogP contribution >= 0.6 is 0 Å². The van der Waals surface area contributed by atoms with Crippen molar-refractivity contribution in [2.45, 2.75) is 43.8 Å². The van der Waals surface area contributed by atoms with Crippen LogP contribution in [-0.2, 0) is 16.0 Å². The molecule has 0 amide bonds. The predicted octanol–water partition coefficient (Wildman–Crippen LogP) is 3.26. The first-order valence-electron chi connectivity index (χ1n) is 6.80. The van der Waals surface area contributed by atoms with E-state index in [1.165, 1.54) is 6.07 Å². The standard InChI is InChI=1S/C14H20F3NO2S/c1-3-18-11(2)6-5-9-21(19,20)13-8-4-7-12(10-13)14(15,16)17/h4,7-8,10-11,18H,3,5-6,9H2,1-2H3. The maximum atomic E-state index is 12.6. The first-order chi connectivity index (χ1) is 9.66. The first-order valence-corrected chi connectivity index (χ1v) is 8.45. The van der Waals surface area contributed by atoms with Gasteiger partial charge in [0.2, 0.25) is 0 Å². The summed E-state index contributed by atoms with van der Waals surface area (Å²) in [5, 5.41) is 3.16. The van der Waals surface area contributed by atoms with Crippen LogP contribution in [0.1, 0.15) is 32.3 Å². The molecule has 0 bridgehead atoms. The van der Waals surface area contributed by atoms with E-state index in [2.05, 4.69) is 5.32 Å². The zero-order chi connectivity index (χ0) is 16.1. The molecule has 1 N–H and O–H groups in total. The van der Waals surface area contributed by atoms with Crippen molar-refractivity contribution in [1.29, 1.82) is 0 Å². The first kappa shape index (κ1) is 18.0. The summed E-state index contributed by atoms with van der Waals surface area (Å²) in [5.74, 6) is -0.149. The van der Waals surface area contributed by atoms with Gasteiger partial charge >= 0.3 is 6.18 Å². The lowest BCUT2D eigenvalue weighted by Gasteiger charge is -2.12. The summed E-state index contributed by atoms with van der Waals surface area (Å²) < 4.78 is 61.9. The van der Waals surface area contributed by atoms with Gasteiger partial charge in [-0.05, 0) is 44.5 Å². The van der Waals surface area contributed by atoms with Gasteiger partial charge in [0.05, 0.1) is 16.2 Å². The second-order valence-electron chi connectivity index (χ2n) is 4.95. The lowest BCUT2D eigenvalue weighted by atomic mass is 10.2. The number of nitrogens with one attached hydrogen (secondary N) is 1. The molecule has 1 unspecified atom stereocenters. The highest BCUT2D eigenvalue weighted by Gasteiger charge is 2.31. The van der Waals surface area contributed by atoms with Gasteiger partial charge in [0.25, 0.3) is 0 Å². The topological polar surface area (TPSA) is 46.2 Å². The predicted molar refractivity (Wildman–Crippen MR) is 75.9 cm³/mol. The Hall–Kier alpha value is -1.08. The van der Waals surface area contributed by atoms with Gasteiger partial charge in [-0.25, -0.2) is 8.42 Å². The van der Waals surface area contributed by atoms with Crippen LogP contribution in [0, 0.1) is 0 Å². The van der Waals surface area contributed by atoms with Crippen molar-refractivity contribution in [2.24, 2.45) is 0 Å². The van der Waals surface area contributed by atoms with Crippen molar-refractivity contribution < 1.29 is 21.6 Å². The van der Waals surface area contributed by atoms with E-state index in [1.54, 1.807) is 0 Å². The van der Waals surface area contributed by atoms with Crippen LogP contribution in [0.5, 0.6) is 0 Å². The molecule has 0 aliphatic heterocycles. The highest BCUT2D eigenvalue weighted by Crippen LogP contribution is 2.30. The average molecular weight is 323 g/mol. The Balaban J connectivity index is 2.75. The van der Waals surface area contributed by atoms with Crippen molar-refractivity contribution in [3.8, 4) is 0 Å². The fourth-order valence-corrected chi connectivity index (χ4v) is 3.39. The van der Waals surface area contributed by atoms with Crippen LogP contribution in [0.2, 0.25) is 0 Å². The number of benzene rings is 1. The molecular weight excluding hydrogens is 303 g/mol. The fourth-order valence-electron chi connectivity index (χ4n) is 2.01. The van der Waals surface area contributed by atoms with Crippen LogP contribution in [0.25, 0.3) is 0 Å². The molecule has 0 radical (unpaired) electrons. The number of halogens is 3. The second kappa shape index (κ2) is 7.26. The van der Waals surface area contributed by atoms with Crippen molar-refractivity contribution in [3.05, 3.63) is 29.8 Å². The normalized spacial score (nSPS) is 14.1. The van der Waals surface area contributed by atoms with E-state index in [0.29, 0.717) is 18.9 Å². The molecule has 21 heavy (non-hydrogen) atoms. The van der Waals surface area contributed by atoms with Gasteiger partial charge in [-0.1, -0.05) is 13.0 Å². The molecule has 0 aliphatic carbocycles. The van der Waals surface area contributed by atoms with Crippen LogP contribution in [-0.4, -0.2) is 26.8 Å². The molecule has 1 aromatic rings. The number of rotatable bonds is 7. The van der Waals surface area contributed by atoms with Gasteiger partial charge in [-0.15, -0.1) is 0 Å². The number of hydrogen-bond acceptors (Lipinski definition) is 3. The Morgan fingerprint density at radius 3 is 2.52 bits per heavy atom. The molecule has 120 valence electrons. The van der Waals surface area contributed by atoms with Crippen molar-refractivity contribution in [3.63, 3.8) is 0 Å². The molecule has 0 heterocycles. The van der Waals surface area contributed by atoms with Crippen LogP contribution < -0.4 is 5.32 Å². The average Bonchev–Trinajstić information content (AvgIpc) is 2.38. The van der Waals surface area contributed by atoms with E-state index in [9.17, 15) is 21.6 Å². The van der Waals surface area contributed by atoms with Crippen LogP contribution in [0.15, 0.2) is 29.2 Å². The van der Waals surface area contributed by atoms with Crippen LogP contribution in [0.4, 0.5) is 13.2 Å². The molecule has 0 fully saturated rings. The van der Waals surface area contributed by atoms with E-state index in [4.69, 9.17) is 0 Å². The molecule has 7 heteroatoms. The summed E-state index contributed by atoms with van der Waals surface area (Å²) in [6, 6.07) is 4.08. The number of alkyl halides is 3. The minimum absolute atomic E-state index is 0.149. The third-order valence-corrected chi connectivity index (χ3v) is 4.92. The van der Waals surface area contributed by atoms with Crippen LogP contribution in [0.3, 0.4) is 0 Å². The maximum absolute atomic E-state index is 12.6. The van der Waals surface area contributed by atoms with E-state index < -0.39 is 21.6 Å². The molecular formula is C14H20F3NO2S. The van der Waals surface area contributed by atoms with Gasteiger partial charge in [0.15, 0.2) is 9.84 Å². The Labute approximate surface area is 123 Å². The second-order valence-corrected chi connectivity index (χ2v) is 7.05. The minimum atomic E-state index is -4.54. The lowest BCUT2D eigenvalue weighted by molar-refractivity contribution is -0.137. The summed E-state index contributed by atoms with van der Waals surface area (Å²) in [5.41, 5.74) is -0.940. The van der Waals surface area contributed by atoms with Crippen molar-refractivity contribution >= 4 is 9.84 Å². The van der Waals surface area contributed by atoms with Gasteiger partial charge in [-0.2, -0.15) is 13.2 Å². The van der Waals surface area contributed by atoms with Gasteiger partial charge in [0.1, 0.15) is 0 Å². The van der Waals surface area contributed by atoms with E-state index in [0.717, 1.165) is 18.7 Å². The van der Waals surface area contributed by atoms with E-state index >= 15 is 0 Å². The van der Waals surface area contributed by atoms with Crippen molar-refractivity contribution in [2.75, 3.05) is 12.3 Å². The smallest absolute Gasteiger partial charge is 0.315 e. The largest absolute Gasteiger partial charge is 0.416 e. The van der Waals surface area contributed by atoms with Crippen molar-refractivity contribution in [1.82, 2.24) is 5.32 Å². The molecule has 0 saturated carbocycles. The Bertz CT molecular complexity index is 556. The monoisotopic (exact) mass is 323 g/mol. The SMILES string of the molecule is CCNC(C)CCCS(=O)(=O)c1cccc(C(F)(F)F)c1. The number of hydrogen-bond donors (Lipinski definition) is 1. The summed E-state index contributed by atoms with van der Waals surface area (Å²) in [7, 11) is -3.68. The molecule has 3 nitrogen and oxygen atoms in total. The number of sulfone groups is 1. The fraction of sp³-hybridized carbons (Fsp3) is 0.571. The summed E-state index contributed by atoms with van der Waals surface area (Å²) in [4.78, 5) is -0.270. The molecule has 1 aromatic carbocycles.